The van der Waals surface area contributed by atoms with E-state index in [4.69, 9.17) is 10.1 Å². The molecule has 6 aliphatic rings. The van der Waals surface area contributed by atoms with Gasteiger partial charge in [0, 0.05) is 42.4 Å². The number of carbonyl (C=O) groups excluding carboxylic acids is 3. The molecular weight excluding hydrogens is 614 g/mol. The van der Waals surface area contributed by atoms with Crippen LogP contribution in [0.4, 0.5) is 0 Å². The van der Waals surface area contributed by atoms with Gasteiger partial charge in [0.2, 0.25) is 5.91 Å². The van der Waals surface area contributed by atoms with Gasteiger partial charge < -0.3 is 31.0 Å². The first-order valence-corrected chi connectivity index (χ1v) is 16.6. The normalized spacial score (nSPS) is 37.7. The number of allylic oxidation sites excluding steroid dienone is 3. The van der Waals surface area contributed by atoms with E-state index in [0.29, 0.717) is 48.7 Å². The molecule has 13 nitrogen and oxygen atoms in total. The number of Topliss-reactive ketones (excluding diaryl/α,β-unsaturated/α-hetero) is 1. The molecule has 6 unspecified atom stereocenters. The predicted octanol–water partition coefficient (Wildman–Crippen LogP) is 1.83. The van der Waals surface area contributed by atoms with Gasteiger partial charge in [0.15, 0.2) is 5.78 Å². The van der Waals surface area contributed by atoms with Crippen LogP contribution >= 0.6 is 0 Å². The highest BCUT2D eigenvalue weighted by atomic mass is 16.5. The Morgan fingerprint density at radius 3 is 2.83 bits per heavy atom. The van der Waals surface area contributed by atoms with E-state index in [2.05, 4.69) is 39.2 Å². The molecule has 5 N–H and O–H groups in total. The summed E-state index contributed by atoms with van der Waals surface area (Å²) < 4.78 is 5.59. The number of fused-ring (bicyclic) bond motifs is 2. The van der Waals surface area contributed by atoms with Crippen molar-refractivity contribution in [2.45, 2.75) is 77.2 Å². The number of rotatable bonds is 9. The highest BCUT2D eigenvalue weighted by Crippen LogP contribution is 2.61. The van der Waals surface area contributed by atoms with E-state index in [1.807, 2.05) is 19.9 Å². The first kappa shape index (κ1) is 33.8. The maximum atomic E-state index is 13.1. The van der Waals surface area contributed by atoms with Crippen LogP contribution in [0.3, 0.4) is 0 Å². The van der Waals surface area contributed by atoms with Crippen molar-refractivity contribution in [1.29, 1.82) is 5.41 Å². The number of ether oxygens (including phenoxy) is 1. The lowest BCUT2D eigenvalue weighted by Gasteiger charge is -2.61. The fourth-order valence-corrected chi connectivity index (χ4v) is 8.54. The van der Waals surface area contributed by atoms with Crippen LogP contribution in [-0.2, 0) is 19.1 Å². The maximum Gasteiger partial charge on any atom is 0.343 e. The number of hydrogen-bond donors (Lipinski definition) is 5. The zero-order valence-corrected chi connectivity index (χ0v) is 27.9. The Morgan fingerprint density at radius 1 is 1.35 bits per heavy atom. The average molecular weight is 660 g/mol. The molecule has 6 rings (SSSR count). The topological polar surface area (TPSA) is 189 Å². The van der Waals surface area contributed by atoms with Crippen LogP contribution in [0, 0.1) is 34.0 Å². The third kappa shape index (κ3) is 5.92. The lowest BCUT2D eigenvalue weighted by atomic mass is 9.45. The highest BCUT2D eigenvalue weighted by molar-refractivity contribution is 6.19. The monoisotopic (exact) mass is 659 g/mol. The number of aliphatic imine (C=N–C) groups is 2. The summed E-state index contributed by atoms with van der Waals surface area (Å²) in [4.78, 5) is 46.6. The Labute approximate surface area is 280 Å². The van der Waals surface area contributed by atoms with E-state index in [9.17, 15) is 24.6 Å². The minimum Gasteiger partial charge on any atom is -0.423 e. The van der Waals surface area contributed by atoms with Gasteiger partial charge >= 0.3 is 5.97 Å². The molecule has 0 bridgehead atoms. The van der Waals surface area contributed by atoms with Gasteiger partial charge in [0.1, 0.15) is 17.8 Å². The summed E-state index contributed by atoms with van der Waals surface area (Å²) in [6, 6.07) is -0.803. The quantitative estimate of drug-likeness (QED) is 0.183. The number of esters is 1. The fraction of sp³-hybridized carbons (Fsp3) is 0.571. The van der Waals surface area contributed by atoms with Crippen LogP contribution in [0.2, 0.25) is 0 Å². The molecule has 0 radical (unpaired) electrons. The van der Waals surface area contributed by atoms with Crippen LogP contribution < -0.4 is 10.6 Å². The molecule has 3 fully saturated rings. The van der Waals surface area contributed by atoms with Crippen molar-refractivity contribution < 1.29 is 29.3 Å². The third-order valence-electron chi connectivity index (χ3n) is 11.4. The Balaban J connectivity index is 1.26. The van der Waals surface area contributed by atoms with Crippen molar-refractivity contribution in [2.24, 2.45) is 43.7 Å². The molecule has 9 atom stereocenters. The van der Waals surface area contributed by atoms with Crippen LogP contribution in [0.5, 0.6) is 0 Å². The zero-order valence-electron chi connectivity index (χ0n) is 27.9. The molecule has 0 aromatic carbocycles. The molecule has 2 aliphatic carbocycles. The fourth-order valence-electron chi connectivity index (χ4n) is 8.54. The van der Waals surface area contributed by atoms with Crippen LogP contribution in [-0.4, -0.2) is 101 Å². The minimum atomic E-state index is -0.777. The molecule has 0 aromatic heterocycles. The highest BCUT2D eigenvalue weighted by Gasteiger charge is 2.59. The summed E-state index contributed by atoms with van der Waals surface area (Å²) in [6.07, 6.45) is 9.42. The molecule has 256 valence electrons. The number of amides is 1. The number of aliphatic hydroxyl groups excluding tert-OH is 2. The number of nitrogens with one attached hydrogen (secondary N) is 3. The molecule has 2 saturated carbocycles. The summed E-state index contributed by atoms with van der Waals surface area (Å²) in [5.74, 6) is -0.789. The van der Waals surface area contributed by atoms with Gasteiger partial charge in [-0.25, -0.2) is 9.79 Å². The first-order chi connectivity index (χ1) is 22.7. The number of nitrogens with zero attached hydrogens (tertiary/aromatic N) is 4. The van der Waals surface area contributed by atoms with Crippen molar-refractivity contribution in [2.75, 3.05) is 20.2 Å². The van der Waals surface area contributed by atoms with Crippen molar-refractivity contribution in [3.8, 4) is 0 Å². The number of piperidine rings is 1. The molecule has 4 heterocycles. The standard InChI is InChI=1S/C35H45N7O6/c1-18-22(7-6-20-12-21(48-33(20)47)13-25-31-23(36)14-30(46)40-32(31)42(5)41-25)34(3)9-8-28(45)35(4,17-43)27(34)15-24(18)39-19(2)26(44)16-29-37-10-11-38-29/h6-7,10,12-13,19,22,24,27-28,31-32,36,39,43,45H,1,8-9,11,14-17H2,2-5H3,(H,40,46)/b7-6+,21-13+,36-23?/t19?,22?,24?,27?,28-,31?,32?,34-,35+/m1/s1. The van der Waals surface area contributed by atoms with Gasteiger partial charge in [-0.15, -0.1) is 0 Å². The molecule has 4 aliphatic heterocycles. The lowest BCUT2D eigenvalue weighted by Crippen LogP contribution is -2.61. The summed E-state index contributed by atoms with van der Waals surface area (Å²) in [6.45, 7) is 10.7. The SMILES string of the molecule is C=C1C(NC(C)C(=O)CC2=NCC=N2)CC2[C@](C)(CC[C@@H](O)[C@@]2(C)CO)C1/C=C/C1=CC(=C\C2=NN(C)C3NC(=O)CC(=N)C23)/OC1=O. The number of hydrazone groups is 1. The molecule has 13 heteroatoms. The number of ketones is 1. The second-order valence-corrected chi connectivity index (χ2v) is 14.4. The minimum absolute atomic E-state index is 0.00909. The molecule has 0 aromatic rings. The van der Waals surface area contributed by atoms with Crippen LogP contribution in [0.15, 0.2) is 62.9 Å². The van der Waals surface area contributed by atoms with Gasteiger partial charge in [-0.3, -0.25) is 19.6 Å². The number of cyclic esters (lactones) is 1. The number of carbonyl (C=O) groups is 3. The van der Waals surface area contributed by atoms with E-state index < -0.39 is 41.0 Å². The van der Waals surface area contributed by atoms with E-state index in [-0.39, 0.29) is 54.7 Å². The van der Waals surface area contributed by atoms with Gasteiger partial charge in [-0.2, -0.15) is 5.10 Å². The predicted molar refractivity (Wildman–Crippen MR) is 180 cm³/mol. The summed E-state index contributed by atoms with van der Waals surface area (Å²) >= 11 is 0. The van der Waals surface area contributed by atoms with Crippen molar-refractivity contribution in [3.05, 3.63) is 47.8 Å². The first-order valence-electron chi connectivity index (χ1n) is 16.6. The molecule has 1 amide bonds. The van der Waals surface area contributed by atoms with Crippen molar-refractivity contribution in [3.63, 3.8) is 0 Å². The van der Waals surface area contributed by atoms with Crippen molar-refractivity contribution in [1.82, 2.24) is 15.6 Å². The van der Waals surface area contributed by atoms with E-state index >= 15 is 0 Å². The van der Waals surface area contributed by atoms with Crippen LogP contribution in [0.25, 0.3) is 0 Å². The molecule has 0 spiro atoms. The van der Waals surface area contributed by atoms with Gasteiger partial charge in [0.05, 0.1) is 55.3 Å². The summed E-state index contributed by atoms with van der Waals surface area (Å²) in [7, 11) is 1.72. The Kier molecular flexibility index (Phi) is 8.98. The van der Waals surface area contributed by atoms with Crippen molar-refractivity contribution >= 4 is 41.1 Å². The zero-order chi connectivity index (χ0) is 34.5. The van der Waals surface area contributed by atoms with Gasteiger partial charge in [-0.1, -0.05) is 38.2 Å². The van der Waals surface area contributed by atoms with E-state index in [0.717, 1.165) is 5.57 Å². The Bertz CT molecular complexity index is 1630. The largest absolute Gasteiger partial charge is 0.423 e. The molecule has 48 heavy (non-hydrogen) atoms. The summed E-state index contributed by atoms with van der Waals surface area (Å²) in [5.41, 5.74) is 0.814. The number of aliphatic hydroxyl groups is 2. The van der Waals surface area contributed by atoms with E-state index in [1.165, 1.54) is 0 Å². The lowest BCUT2D eigenvalue weighted by molar-refractivity contribution is -0.149. The summed E-state index contributed by atoms with van der Waals surface area (Å²) in [5, 5.41) is 42.6. The second-order valence-electron chi connectivity index (χ2n) is 14.4. The second kappa shape index (κ2) is 12.8. The molecular formula is C35H45N7O6. The van der Waals surface area contributed by atoms with E-state index in [1.54, 1.807) is 36.5 Å². The third-order valence-corrected chi connectivity index (χ3v) is 11.4. The number of amidine groups is 1. The number of hydrogen-bond acceptors (Lipinski definition) is 12. The maximum absolute atomic E-state index is 13.1. The smallest absolute Gasteiger partial charge is 0.343 e. The van der Waals surface area contributed by atoms with Crippen LogP contribution in [0.1, 0.15) is 52.9 Å². The Hall–Kier alpha value is -4.07. The van der Waals surface area contributed by atoms with Gasteiger partial charge in [-0.05, 0) is 43.6 Å². The van der Waals surface area contributed by atoms with Gasteiger partial charge in [0.25, 0.3) is 0 Å². The molecule has 1 saturated heterocycles. The Morgan fingerprint density at radius 2 is 2.12 bits per heavy atom. The average Bonchev–Trinajstić information content (AvgIpc) is 3.75.